The number of nitrogens with one attached hydrogen (secondary N) is 2. The molecule has 1 aromatic heterocycles. The number of carbonyl (C=O) groups is 1. The highest BCUT2D eigenvalue weighted by atomic mass is 16.5. The van der Waals surface area contributed by atoms with E-state index in [2.05, 4.69) is 22.8 Å². The quantitative estimate of drug-likeness (QED) is 0.467. The van der Waals surface area contributed by atoms with Crippen molar-refractivity contribution in [2.45, 2.75) is 19.8 Å². The molecule has 6 heteroatoms. The number of benzene rings is 1. The molecule has 122 valence electrons. The van der Waals surface area contributed by atoms with Crippen molar-refractivity contribution in [3.8, 4) is 5.75 Å². The van der Waals surface area contributed by atoms with Crippen LogP contribution in [0.4, 0.5) is 10.5 Å². The largest absolute Gasteiger partial charge is 0.494 e. The third-order valence-electron chi connectivity index (χ3n) is 3.23. The van der Waals surface area contributed by atoms with Crippen LogP contribution in [-0.2, 0) is 7.05 Å². The molecule has 0 radical (unpaired) electrons. The standard InChI is InChI=1S/C17H22N4O2/c1-3-4-12-23-16-9-7-14(8-10-16)19-17(22)20-18-13-15-6-5-11-21(15)2/h5-11,13H,3-4,12H2,1-2H3,(H2,19,20,22)/b18-13+. The summed E-state index contributed by atoms with van der Waals surface area (Å²) in [6.45, 7) is 2.83. The fourth-order valence-electron chi connectivity index (χ4n) is 1.89. The highest BCUT2D eigenvalue weighted by Crippen LogP contribution is 2.15. The zero-order chi connectivity index (χ0) is 16.5. The zero-order valence-corrected chi connectivity index (χ0v) is 13.5. The molecule has 0 fully saturated rings. The lowest BCUT2D eigenvalue weighted by Gasteiger charge is -2.07. The molecule has 0 bridgehead atoms. The van der Waals surface area contributed by atoms with E-state index in [1.807, 2.05) is 42.1 Å². The van der Waals surface area contributed by atoms with Crippen LogP contribution in [-0.4, -0.2) is 23.4 Å². The summed E-state index contributed by atoms with van der Waals surface area (Å²) in [5, 5.41) is 6.61. The van der Waals surface area contributed by atoms with Gasteiger partial charge in [0.25, 0.3) is 0 Å². The first kappa shape index (κ1) is 16.6. The van der Waals surface area contributed by atoms with Gasteiger partial charge in [0.15, 0.2) is 0 Å². The molecule has 0 saturated heterocycles. The molecule has 0 saturated carbocycles. The topological polar surface area (TPSA) is 67.7 Å². The van der Waals surface area contributed by atoms with Crippen LogP contribution < -0.4 is 15.5 Å². The van der Waals surface area contributed by atoms with E-state index in [0.29, 0.717) is 12.3 Å². The Hall–Kier alpha value is -2.76. The third kappa shape index (κ3) is 5.50. The van der Waals surface area contributed by atoms with Gasteiger partial charge in [-0.3, -0.25) is 0 Å². The van der Waals surface area contributed by atoms with Crippen molar-refractivity contribution in [2.75, 3.05) is 11.9 Å². The summed E-state index contributed by atoms with van der Waals surface area (Å²) in [5.74, 6) is 0.797. The normalized spacial score (nSPS) is 10.7. The van der Waals surface area contributed by atoms with Crippen molar-refractivity contribution in [3.05, 3.63) is 48.3 Å². The third-order valence-corrected chi connectivity index (χ3v) is 3.23. The van der Waals surface area contributed by atoms with Gasteiger partial charge in [-0.25, -0.2) is 10.2 Å². The van der Waals surface area contributed by atoms with Gasteiger partial charge in [0, 0.05) is 18.9 Å². The van der Waals surface area contributed by atoms with Gasteiger partial charge in [-0.1, -0.05) is 13.3 Å². The second-order valence-corrected chi connectivity index (χ2v) is 5.09. The number of amides is 2. The molecular formula is C17H22N4O2. The first-order chi connectivity index (χ1) is 11.2. The van der Waals surface area contributed by atoms with Crippen LogP contribution in [0.5, 0.6) is 5.75 Å². The fourth-order valence-corrected chi connectivity index (χ4v) is 1.89. The van der Waals surface area contributed by atoms with Gasteiger partial charge in [-0.2, -0.15) is 5.10 Å². The second kappa shape index (κ2) is 8.63. The summed E-state index contributed by atoms with van der Waals surface area (Å²) in [6.07, 6.45) is 5.63. The van der Waals surface area contributed by atoms with E-state index in [9.17, 15) is 4.79 Å². The summed E-state index contributed by atoms with van der Waals surface area (Å²) >= 11 is 0. The monoisotopic (exact) mass is 314 g/mol. The predicted molar refractivity (Wildman–Crippen MR) is 92.0 cm³/mol. The predicted octanol–water partition coefficient (Wildman–Crippen LogP) is 3.36. The number of carbonyl (C=O) groups excluding carboxylic acids is 1. The molecule has 2 rings (SSSR count). The Balaban J connectivity index is 1.78. The molecule has 0 unspecified atom stereocenters. The Labute approximate surface area is 136 Å². The maximum Gasteiger partial charge on any atom is 0.339 e. The van der Waals surface area contributed by atoms with Crippen LogP contribution in [0, 0.1) is 0 Å². The molecule has 0 aliphatic heterocycles. The number of ether oxygens (including phenoxy) is 1. The maximum atomic E-state index is 11.7. The van der Waals surface area contributed by atoms with Crippen LogP contribution in [0.3, 0.4) is 0 Å². The number of nitrogens with zero attached hydrogens (tertiary/aromatic N) is 2. The summed E-state index contributed by atoms with van der Waals surface area (Å²) in [5.41, 5.74) is 4.01. The minimum absolute atomic E-state index is 0.393. The number of aromatic nitrogens is 1. The molecule has 0 atom stereocenters. The zero-order valence-electron chi connectivity index (χ0n) is 13.5. The molecule has 0 aliphatic rings. The summed E-state index contributed by atoms with van der Waals surface area (Å²) in [7, 11) is 1.91. The molecule has 2 amide bonds. The van der Waals surface area contributed by atoms with E-state index in [0.717, 1.165) is 24.3 Å². The number of rotatable bonds is 7. The fraction of sp³-hybridized carbons (Fsp3) is 0.294. The average molecular weight is 314 g/mol. The van der Waals surface area contributed by atoms with Gasteiger partial charge in [0.2, 0.25) is 0 Å². The lowest BCUT2D eigenvalue weighted by atomic mass is 10.3. The second-order valence-electron chi connectivity index (χ2n) is 5.09. The molecule has 23 heavy (non-hydrogen) atoms. The Morgan fingerprint density at radius 2 is 2.09 bits per heavy atom. The van der Waals surface area contributed by atoms with Gasteiger partial charge in [-0.15, -0.1) is 0 Å². The van der Waals surface area contributed by atoms with E-state index in [-0.39, 0.29) is 0 Å². The van der Waals surface area contributed by atoms with Crippen molar-refractivity contribution in [1.29, 1.82) is 0 Å². The lowest BCUT2D eigenvalue weighted by Crippen LogP contribution is -2.24. The molecule has 2 N–H and O–H groups in total. The van der Waals surface area contributed by atoms with E-state index in [1.54, 1.807) is 18.3 Å². The number of hydrogen-bond acceptors (Lipinski definition) is 3. The van der Waals surface area contributed by atoms with E-state index < -0.39 is 6.03 Å². The summed E-state index contributed by atoms with van der Waals surface area (Å²) < 4.78 is 7.47. The summed E-state index contributed by atoms with van der Waals surface area (Å²) in [6, 6.07) is 10.7. The van der Waals surface area contributed by atoms with Crippen LogP contribution in [0.1, 0.15) is 25.5 Å². The Bertz CT molecular complexity index is 647. The number of unbranched alkanes of at least 4 members (excludes halogenated alkanes) is 1. The Kier molecular flexibility index (Phi) is 6.23. The van der Waals surface area contributed by atoms with Crippen LogP contribution in [0.2, 0.25) is 0 Å². The van der Waals surface area contributed by atoms with Gasteiger partial charge in [0.1, 0.15) is 5.75 Å². The molecule has 6 nitrogen and oxygen atoms in total. The average Bonchev–Trinajstić information content (AvgIpc) is 2.95. The number of aryl methyl sites for hydroxylation is 1. The van der Waals surface area contributed by atoms with Gasteiger partial charge in [-0.05, 0) is 42.8 Å². The molecule has 0 aliphatic carbocycles. The minimum Gasteiger partial charge on any atom is -0.494 e. The molecule has 1 heterocycles. The van der Waals surface area contributed by atoms with Crippen LogP contribution in [0.25, 0.3) is 0 Å². The number of hydrazone groups is 1. The smallest absolute Gasteiger partial charge is 0.339 e. The van der Waals surface area contributed by atoms with E-state index in [1.165, 1.54) is 0 Å². The number of hydrogen-bond donors (Lipinski definition) is 2. The maximum absolute atomic E-state index is 11.7. The van der Waals surface area contributed by atoms with E-state index >= 15 is 0 Å². The van der Waals surface area contributed by atoms with E-state index in [4.69, 9.17) is 4.74 Å². The minimum atomic E-state index is -0.393. The number of urea groups is 1. The van der Waals surface area contributed by atoms with Crippen molar-refractivity contribution < 1.29 is 9.53 Å². The molecule has 0 spiro atoms. The SMILES string of the molecule is CCCCOc1ccc(NC(=O)N/N=C/c2cccn2C)cc1. The summed E-state index contributed by atoms with van der Waals surface area (Å²) in [4.78, 5) is 11.7. The highest BCUT2D eigenvalue weighted by molar-refractivity contribution is 5.90. The van der Waals surface area contributed by atoms with Crippen LogP contribution in [0.15, 0.2) is 47.7 Å². The van der Waals surface area contributed by atoms with Crippen LogP contribution >= 0.6 is 0 Å². The van der Waals surface area contributed by atoms with Gasteiger partial charge >= 0.3 is 6.03 Å². The van der Waals surface area contributed by atoms with Gasteiger partial charge in [0.05, 0.1) is 18.5 Å². The molecule has 2 aromatic rings. The molecule has 1 aromatic carbocycles. The lowest BCUT2D eigenvalue weighted by molar-refractivity contribution is 0.252. The van der Waals surface area contributed by atoms with Gasteiger partial charge < -0.3 is 14.6 Å². The first-order valence-corrected chi connectivity index (χ1v) is 7.63. The van der Waals surface area contributed by atoms with Crippen molar-refractivity contribution >= 4 is 17.9 Å². The number of anilines is 1. The Morgan fingerprint density at radius 1 is 1.30 bits per heavy atom. The first-order valence-electron chi connectivity index (χ1n) is 7.63. The van der Waals surface area contributed by atoms with Crippen molar-refractivity contribution in [2.24, 2.45) is 12.1 Å². The Morgan fingerprint density at radius 3 is 2.74 bits per heavy atom. The van der Waals surface area contributed by atoms with Crippen molar-refractivity contribution in [3.63, 3.8) is 0 Å². The van der Waals surface area contributed by atoms with Crippen molar-refractivity contribution in [1.82, 2.24) is 9.99 Å². The molecular weight excluding hydrogens is 292 g/mol. The highest BCUT2D eigenvalue weighted by Gasteiger charge is 2.01.